The lowest BCUT2D eigenvalue weighted by Gasteiger charge is -2.28. The molecule has 1 aliphatic rings. The van der Waals surface area contributed by atoms with E-state index in [1.807, 2.05) is 6.92 Å². The third-order valence-corrected chi connectivity index (χ3v) is 2.76. The first-order valence-electron chi connectivity index (χ1n) is 5.74. The maximum Gasteiger partial charge on any atom is 0.217 e. The van der Waals surface area contributed by atoms with Gasteiger partial charge in [-0.2, -0.15) is 0 Å². The Bertz CT molecular complexity index is 188. The van der Waals surface area contributed by atoms with Crippen molar-refractivity contribution in [3.05, 3.63) is 0 Å². The van der Waals surface area contributed by atoms with Gasteiger partial charge in [-0.05, 0) is 38.5 Å². The van der Waals surface area contributed by atoms with Crippen molar-refractivity contribution < 1.29 is 14.6 Å². The normalized spacial score (nSPS) is 26.3. The minimum absolute atomic E-state index is 0.0732. The van der Waals surface area contributed by atoms with Crippen LogP contribution in [-0.2, 0) is 14.6 Å². The van der Waals surface area contributed by atoms with Crippen molar-refractivity contribution >= 4 is 5.91 Å². The summed E-state index contributed by atoms with van der Waals surface area (Å²) >= 11 is 0. The second kappa shape index (κ2) is 6.80. The Morgan fingerprint density at radius 2 is 1.93 bits per heavy atom. The van der Waals surface area contributed by atoms with Crippen LogP contribution >= 0.6 is 0 Å². The molecule has 0 aromatic heterocycles. The van der Waals surface area contributed by atoms with E-state index in [2.05, 4.69) is 5.32 Å². The number of carbonyl (C=O) groups excluding carboxylic acids is 1. The maximum atomic E-state index is 10.8. The second-order valence-corrected chi connectivity index (χ2v) is 4.11. The van der Waals surface area contributed by atoms with Crippen LogP contribution in [0, 0.1) is 5.92 Å². The standard InChI is InChI=1S/C11H21NO3/c1-3-14-15-8-10-4-6-11(7-5-10)12-9(2)13/h10-11H,3-8H2,1-2H3,(H,12,13). The molecule has 0 atom stereocenters. The summed E-state index contributed by atoms with van der Waals surface area (Å²) in [6.07, 6.45) is 4.33. The van der Waals surface area contributed by atoms with Crippen molar-refractivity contribution in [2.45, 2.75) is 45.6 Å². The van der Waals surface area contributed by atoms with E-state index in [1.165, 1.54) is 0 Å². The van der Waals surface area contributed by atoms with Gasteiger partial charge in [0.25, 0.3) is 0 Å². The number of nitrogens with one attached hydrogen (secondary N) is 1. The van der Waals surface area contributed by atoms with Crippen molar-refractivity contribution in [1.29, 1.82) is 0 Å². The molecule has 88 valence electrons. The fourth-order valence-corrected chi connectivity index (χ4v) is 1.99. The molecular formula is C11H21NO3. The molecule has 1 amide bonds. The monoisotopic (exact) mass is 215 g/mol. The molecule has 0 unspecified atom stereocenters. The van der Waals surface area contributed by atoms with E-state index in [0.717, 1.165) is 25.7 Å². The van der Waals surface area contributed by atoms with Crippen LogP contribution in [0.5, 0.6) is 0 Å². The van der Waals surface area contributed by atoms with Crippen molar-refractivity contribution in [2.24, 2.45) is 5.92 Å². The van der Waals surface area contributed by atoms with Crippen LogP contribution in [0.2, 0.25) is 0 Å². The zero-order valence-corrected chi connectivity index (χ0v) is 9.62. The second-order valence-electron chi connectivity index (χ2n) is 4.11. The average Bonchev–Trinajstić information content (AvgIpc) is 2.20. The summed E-state index contributed by atoms with van der Waals surface area (Å²) in [5.41, 5.74) is 0. The predicted molar refractivity (Wildman–Crippen MR) is 57.1 cm³/mol. The molecule has 0 spiro atoms. The number of carbonyl (C=O) groups is 1. The van der Waals surface area contributed by atoms with Crippen molar-refractivity contribution in [1.82, 2.24) is 5.32 Å². The highest BCUT2D eigenvalue weighted by Gasteiger charge is 2.21. The number of rotatable bonds is 5. The highest BCUT2D eigenvalue weighted by Crippen LogP contribution is 2.24. The first kappa shape index (κ1) is 12.5. The quantitative estimate of drug-likeness (QED) is 0.431. The van der Waals surface area contributed by atoms with Crippen LogP contribution in [0.25, 0.3) is 0 Å². The predicted octanol–water partition coefficient (Wildman–Crippen LogP) is 1.65. The summed E-state index contributed by atoms with van der Waals surface area (Å²) in [5.74, 6) is 0.658. The molecule has 0 heterocycles. The lowest BCUT2D eigenvalue weighted by Crippen LogP contribution is -2.36. The number of hydrogen-bond acceptors (Lipinski definition) is 3. The van der Waals surface area contributed by atoms with Gasteiger partial charge in [0.15, 0.2) is 0 Å². The topological polar surface area (TPSA) is 47.6 Å². The molecule has 0 radical (unpaired) electrons. The Morgan fingerprint density at radius 1 is 1.27 bits per heavy atom. The van der Waals surface area contributed by atoms with E-state index >= 15 is 0 Å². The van der Waals surface area contributed by atoms with Gasteiger partial charge in [0, 0.05) is 13.0 Å². The van der Waals surface area contributed by atoms with Gasteiger partial charge in [0.1, 0.15) is 0 Å². The minimum atomic E-state index is 0.0732. The molecule has 0 aromatic rings. The summed E-state index contributed by atoms with van der Waals surface area (Å²) in [7, 11) is 0. The average molecular weight is 215 g/mol. The summed E-state index contributed by atoms with van der Waals surface area (Å²) in [5, 5.41) is 2.96. The molecule has 15 heavy (non-hydrogen) atoms. The lowest BCUT2D eigenvalue weighted by molar-refractivity contribution is -0.299. The molecule has 1 saturated carbocycles. The Kier molecular flexibility index (Phi) is 5.65. The van der Waals surface area contributed by atoms with Crippen LogP contribution in [0.4, 0.5) is 0 Å². The molecule has 1 rings (SSSR count). The van der Waals surface area contributed by atoms with Gasteiger partial charge in [-0.1, -0.05) is 0 Å². The first-order chi connectivity index (χ1) is 7.22. The highest BCUT2D eigenvalue weighted by atomic mass is 17.2. The number of hydrogen-bond donors (Lipinski definition) is 1. The molecule has 1 fully saturated rings. The van der Waals surface area contributed by atoms with Crippen LogP contribution < -0.4 is 5.32 Å². The van der Waals surface area contributed by atoms with E-state index < -0.39 is 0 Å². The van der Waals surface area contributed by atoms with Crippen molar-refractivity contribution in [3.63, 3.8) is 0 Å². The summed E-state index contributed by atoms with van der Waals surface area (Å²) < 4.78 is 0. The molecule has 0 aromatic carbocycles. The zero-order chi connectivity index (χ0) is 11.1. The van der Waals surface area contributed by atoms with E-state index in [9.17, 15) is 4.79 Å². The third-order valence-electron chi connectivity index (χ3n) is 2.76. The molecule has 0 saturated heterocycles. The van der Waals surface area contributed by atoms with Crippen LogP contribution in [-0.4, -0.2) is 25.2 Å². The van der Waals surface area contributed by atoms with Gasteiger partial charge in [-0.3, -0.25) is 4.79 Å². The summed E-state index contributed by atoms with van der Waals surface area (Å²) in [4.78, 5) is 20.8. The third kappa shape index (κ3) is 5.14. The maximum absolute atomic E-state index is 10.8. The SMILES string of the molecule is CCOOCC1CCC(NC(C)=O)CC1. The van der Waals surface area contributed by atoms with Crippen LogP contribution in [0.3, 0.4) is 0 Å². The van der Waals surface area contributed by atoms with Gasteiger partial charge in [-0.25, -0.2) is 9.78 Å². The van der Waals surface area contributed by atoms with Gasteiger partial charge >= 0.3 is 0 Å². The van der Waals surface area contributed by atoms with Crippen molar-refractivity contribution in [3.8, 4) is 0 Å². The fourth-order valence-electron chi connectivity index (χ4n) is 1.99. The Balaban J connectivity index is 2.10. The Labute approximate surface area is 91.3 Å². The van der Waals surface area contributed by atoms with Gasteiger partial charge in [0.2, 0.25) is 5.91 Å². The molecule has 0 aliphatic heterocycles. The molecule has 0 bridgehead atoms. The van der Waals surface area contributed by atoms with Gasteiger partial charge < -0.3 is 5.32 Å². The summed E-state index contributed by atoms with van der Waals surface area (Å²) in [6, 6.07) is 0.367. The fraction of sp³-hybridized carbons (Fsp3) is 0.909. The minimum Gasteiger partial charge on any atom is -0.354 e. The van der Waals surface area contributed by atoms with E-state index in [1.54, 1.807) is 6.92 Å². The lowest BCUT2D eigenvalue weighted by atomic mass is 9.86. The van der Waals surface area contributed by atoms with E-state index in [0.29, 0.717) is 25.2 Å². The molecular weight excluding hydrogens is 194 g/mol. The molecule has 1 aliphatic carbocycles. The Hall–Kier alpha value is -0.610. The van der Waals surface area contributed by atoms with Crippen LogP contribution in [0.15, 0.2) is 0 Å². The van der Waals surface area contributed by atoms with E-state index in [4.69, 9.17) is 9.78 Å². The molecule has 1 N–H and O–H groups in total. The summed E-state index contributed by atoms with van der Waals surface area (Å²) in [6.45, 7) is 4.76. The smallest absolute Gasteiger partial charge is 0.217 e. The van der Waals surface area contributed by atoms with Gasteiger partial charge in [0.05, 0.1) is 13.2 Å². The molecule has 4 nitrogen and oxygen atoms in total. The van der Waals surface area contributed by atoms with Crippen molar-refractivity contribution in [2.75, 3.05) is 13.2 Å². The van der Waals surface area contributed by atoms with Gasteiger partial charge in [-0.15, -0.1) is 0 Å². The zero-order valence-electron chi connectivity index (χ0n) is 9.62. The first-order valence-corrected chi connectivity index (χ1v) is 5.74. The largest absolute Gasteiger partial charge is 0.354 e. The Morgan fingerprint density at radius 3 is 2.47 bits per heavy atom. The van der Waals surface area contributed by atoms with E-state index in [-0.39, 0.29) is 5.91 Å². The van der Waals surface area contributed by atoms with Crippen LogP contribution in [0.1, 0.15) is 39.5 Å². The molecule has 4 heteroatoms. The number of amides is 1. The highest BCUT2D eigenvalue weighted by molar-refractivity contribution is 5.73.